The van der Waals surface area contributed by atoms with Crippen LogP contribution in [-0.2, 0) is 6.42 Å². The summed E-state index contributed by atoms with van der Waals surface area (Å²) in [5.74, 6) is 1.61. The Morgan fingerprint density at radius 1 is 1.05 bits per heavy atom. The van der Waals surface area contributed by atoms with Gasteiger partial charge in [0.1, 0.15) is 11.5 Å². The fourth-order valence-electron chi connectivity index (χ4n) is 1.87. The Hall–Kier alpha value is -2.53. The second-order valence-electron chi connectivity index (χ2n) is 4.71. The molecule has 0 aliphatic heterocycles. The monoisotopic (exact) mass is 263 g/mol. The normalized spacial score (nSPS) is 9.80. The van der Waals surface area contributed by atoms with Crippen molar-refractivity contribution >= 4 is 5.57 Å². The summed E-state index contributed by atoms with van der Waals surface area (Å²) in [6.07, 6.45) is 1.33. The number of benzene rings is 2. The van der Waals surface area contributed by atoms with Gasteiger partial charge in [0.15, 0.2) is 0 Å². The van der Waals surface area contributed by atoms with Crippen molar-refractivity contribution in [2.24, 2.45) is 0 Å². The molecule has 0 unspecified atom stereocenters. The molecule has 0 atom stereocenters. The Bertz CT molecular complexity index is 618. The highest BCUT2D eigenvalue weighted by molar-refractivity contribution is 5.61. The molecule has 0 saturated heterocycles. The van der Waals surface area contributed by atoms with Crippen molar-refractivity contribution in [1.29, 1.82) is 5.26 Å². The average molecular weight is 263 g/mol. The molecule has 2 heteroatoms. The number of hydrogen-bond donors (Lipinski definition) is 0. The third-order valence-electron chi connectivity index (χ3n) is 3.03. The van der Waals surface area contributed by atoms with Gasteiger partial charge >= 0.3 is 0 Å². The van der Waals surface area contributed by atoms with Crippen molar-refractivity contribution in [3.05, 3.63) is 66.2 Å². The molecule has 100 valence electrons. The summed E-state index contributed by atoms with van der Waals surface area (Å²) in [5.41, 5.74) is 3.30. The molecule has 20 heavy (non-hydrogen) atoms. The number of ether oxygens (including phenoxy) is 1. The maximum Gasteiger partial charge on any atom is 0.127 e. The standard InChI is InChI=1S/C18H17NO/c1-14(2)16-7-11-18(12-8-16)20-17-9-5-15(6-10-17)4-3-13-19/h5-12H,1,3-4H2,2H3. The number of aryl methyl sites for hydroxylation is 1. The van der Waals surface area contributed by atoms with E-state index in [1.54, 1.807) is 0 Å². The molecule has 2 aromatic carbocycles. The van der Waals surface area contributed by atoms with Crippen LogP contribution in [0.1, 0.15) is 24.5 Å². The molecule has 0 aliphatic carbocycles. The lowest BCUT2D eigenvalue weighted by atomic mass is 10.1. The molecular formula is C18H17NO. The van der Waals surface area contributed by atoms with Crippen LogP contribution in [0.4, 0.5) is 0 Å². The predicted octanol–water partition coefficient (Wildman–Crippen LogP) is 4.97. The molecule has 2 rings (SSSR count). The van der Waals surface area contributed by atoms with E-state index in [4.69, 9.17) is 10.00 Å². The molecule has 2 aromatic rings. The van der Waals surface area contributed by atoms with Crippen molar-refractivity contribution in [2.75, 3.05) is 0 Å². The van der Waals surface area contributed by atoms with Gasteiger partial charge in [-0.25, -0.2) is 0 Å². The zero-order chi connectivity index (χ0) is 14.4. The van der Waals surface area contributed by atoms with E-state index in [9.17, 15) is 0 Å². The second kappa shape index (κ2) is 6.58. The smallest absolute Gasteiger partial charge is 0.127 e. The highest BCUT2D eigenvalue weighted by Gasteiger charge is 1.99. The van der Waals surface area contributed by atoms with Crippen LogP contribution in [0.15, 0.2) is 55.1 Å². The molecule has 0 amide bonds. The number of rotatable bonds is 5. The molecule has 0 fully saturated rings. The molecule has 0 heterocycles. The van der Waals surface area contributed by atoms with Gasteiger partial charge < -0.3 is 4.74 Å². The van der Waals surface area contributed by atoms with Gasteiger partial charge in [0.2, 0.25) is 0 Å². The highest BCUT2D eigenvalue weighted by atomic mass is 16.5. The molecule has 2 nitrogen and oxygen atoms in total. The van der Waals surface area contributed by atoms with Gasteiger partial charge in [0.05, 0.1) is 6.07 Å². The minimum atomic E-state index is 0.544. The van der Waals surface area contributed by atoms with Gasteiger partial charge in [-0.15, -0.1) is 0 Å². The Morgan fingerprint density at radius 2 is 1.60 bits per heavy atom. The van der Waals surface area contributed by atoms with Gasteiger partial charge in [-0.2, -0.15) is 5.26 Å². The maximum atomic E-state index is 8.56. The zero-order valence-electron chi connectivity index (χ0n) is 11.6. The van der Waals surface area contributed by atoms with Crippen LogP contribution in [0.5, 0.6) is 11.5 Å². The van der Waals surface area contributed by atoms with Gasteiger partial charge in [-0.3, -0.25) is 0 Å². The first-order valence-electron chi connectivity index (χ1n) is 6.59. The van der Waals surface area contributed by atoms with Crippen LogP contribution in [0.25, 0.3) is 5.57 Å². The van der Waals surface area contributed by atoms with Crippen LogP contribution >= 0.6 is 0 Å². The van der Waals surface area contributed by atoms with Crippen molar-refractivity contribution in [1.82, 2.24) is 0 Å². The highest BCUT2D eigenvalue weighted by Crippen LogP contribution is 2.23. The van der Waals surface area contributed by atoms with Crippen LogP contribution in [0.2, 0.25) is 0 Å². The van der Waals surface area contributed by atoms with Crippen molar-refractivity contribution in [2.45, 2.75) is 19.8 Å². The van der Waals surface area contributed by atoms with E-state index in [1.165, 1.54) is 0 Å². The minimum Gasteiger partial charge on any atom is -0.457 e. The van der Waals surface area contributed by atoms with Crippen molar-refractivity contribution in [3.8, 4) is 17.6 Å². The third-order valence-corrected chi connectivity index (χ3v) is 3.03. The van der Waals surface area contributed by atoms with Crippen LogP contribution < -0.4 is 4.74 Å². The largest absolute Gasteiger partial charge is 0.457 e. The lowest BCUT2D eigenvalue weighted by Gasteiger charge is -2.07. The van der Waals surface area contributed by atoms with Gasteiger partial charge in [-0.05, 0) is 48.7 Å². The molecule has 0 aromatic heterocycles. The Labute approximate surface area is 119 Å². The fraction of sp³-hybridized carbons (Fsp3) is 0.167. The third kappa shape index (κ3) is 3.73. The maximum absolute atomic E-state index is 8.56. The summed E-state index contributed by atoms with van der Waals surface area (Å²) in [6.45, 7) is 5.89. The number of nitriles is 1. The lowest BCUT2D eigenvalue weighted by molar-refractivity contribution is 0.482. The van der Waals surface area contributed by atoms with Crippen LogP contribution in [0, 0.1) is 11.3 Å². The van der Waals surface area contributed by atoms with E-state index in [0.717, 1.165) is 34.6 Å². The van der Waals surface area contributed by atoms with E-state index < -0.39 is 0 Å². The minimum absolute atomic E-state index is 0.544. The average Bonchev–Trinajstić information content (AvgIpc) is 2.47. The summed E-state index contributed by atoms with van der Waals surface area (Å²) < 4.78 is 5.78. The molecule has 0 bridgehead atoms. The van der Waals surface area contributed by atoms with Crippen LogP contribution in [0.3, 0.4) is 0 Å². The molecular weight excluding hydrogens is 246 g/mol. The summed E-state index contributed by atoms with van der Waals surface area (Å²) in [4.78, 5) is 0. The first kappa shape index (κ1) is 13.9. The summed E-state index contributed by atoms with van der Waals surface area (Å²) in [7, 11) is 0. The zero-order valence-corrected chi connectivity index (χ0v) is 11.6. The molecule has 0 N–H and O–H groups in total. The first-order chi connectivity index (χ1) is 9.69. The first-order valence-corrected chi connectivity index (χ1v) is 6.59. The van der Waals surface area contributed by atoms with Gasteiger partial charge in [-0.1, -0.05) is 36.4 Å². The number of hydrogen-bond acceptors (Lipinski definition) is 2. The van der Waals surface area contributed by atoms with E-state index in [2.05, 4.69) is 12.6 Å². The summed E-state index contributed by atoms with van der Waals surface area (Å²) in [6, 6.07) is 17.9. The topological polar surface area (TPSA) is 33.0 Å². The Morgan fingerprint density at radius 3 is 2.10 bits per heavy atom. The van der Waals surface area contributed by atoms with E-state index in [1.807, 2.05) is 55.5 Å². The SMILES string of the molecule is C=C(C)c1ccc(Oc2ccc(CCC#N)cc2)cc1. The van der Waals surface area contributed by atoms with E-state index >= 15 is 0 Å². The lowest BCUT2D eigenvalue weighted by Crippen LogP contribution is -1.87. The quantitative estimate of drug-likeness (QED) is 0.763. The molecule has 0 aliphatic rings. The van der Waals surface area contributed by atoms with Crippen molar-refractivity contribution in [3.63, 3.8) is 0 Å². The number of allylic oxidation sites excluding steroid dienone is 1. The Balaban J connectivity index is 2.02. The van der Waals surface area contributed by atoms with Crippen LogP contribution in [-0.4, -0.2) is 0 Å². The molecule has 0 radical (unpaired) electrons. The van der Waals surface area contributed by atoms with Gasteiger partial charge in [0, 0.05) is 6.42 Å². The van der Waals surface area contributed by atoms with Crippen molar-refractivity contribution < 1.29 is 4.74 Å². The second-order valence-corrected chi connectivity index (χ2v) is 4.71. The Kier molecular flexibility index (Phi) is 4.57. The van der Waals surface area contributed by atoms with E-state index in [-0.39, 0.29) is 0 Å². The summed E-state index contributed by atoms with van der Waals surface area (Å²) in [5, 5.41) is 8.56. The number of nitrogens with zero attached hydrogens (tertiary/aromatic N) is 1. The summed E-state index contributed by atoms with van der Waals surface area (Å²) >= 11 is 0. The van der Waals surface area contributed by atoms with E-state index in [0.29, 0.717) is 6.42 Å². The molecule has 0 saturated carbocycles. The fourth-order valence-corrected chi connectivity index (χ4v) is 1.87. The molecule has 0 spiro atoms. The van der Waals surface area contributed by atoms with Gasteiger partial charge in [0.25, 0.3) is 0 Å². The predicted molar refractivity (Wildman–Crippen MR) is 81.6 cm³/mol.